The van der Waals surface area contributed by atoms with E-state index in [0.29, 0.717) is 24.2 Å². The zero-order valence-corrected chi connectivity index (χ0v) is 19.2. The maximum atomic E-state index is 13.6. The first-order valence-corrected chi connectivity index (χ1v) is 11.0. The van der Waals surface area contributed by atoms with Gasteiger partial charge >= 0.3 is 18.0 Å². The van der Waals surface area contributed by atoms with E-state index in [4.69, 9.17) is 9.47 Å². The summed E-state index contributed by atoms with van der Waals surface area (Å²) in [6.07, 6.45) is -12.4. The predicted molar refractivity (Wildman–Crippen MR) is 114 cm³/mol. The van der Waals surface area contributed by atoms with Crippen LogP contribution in [0.2, 0.25) is 0 Å². The van der Waals surface area contributed by atoms with E-state index in [1.54, 1.807) is 4.90 Å². The molecule has 3 aromatic rings. The van der Waals surface area contributed by atoms with Crippen molar-refractivity contribution in [1.82, 2.24) is 20.1 Å². The summed E-state index contributed by atoms with van der Waals surface area (Å²) in [7, 11) is 0. The largest absolute Gasteiger partial charge is 0.416 e. The number of ether oxygens (including phenoxy) is 2. The molecule has 14 heteroatoms. The molecule has 1 saturated heterocycles. The van der Waals surface area contributed by atoms with E-state index in [1.807, 2.05) is 0 Å². The highest BCUT2D eigenvalue weighted by atomic mass is 19.4. The molecular formula is C23H21F7N4O3. The predicted octanol–water partition coefficient (Wildman–Crippen LogP) is 4.95. The molecule has 7 nitrogen and oxygen atoms in total. The van der Waals surface area contributed by atoms with E-state index in [-0.39, 0.29) is 30.6 Å². The van der Waals surface area contributed by atoms with Crippen molar-refractivity contribution >= 4 is 0 Å². The van der Waals surface area contributed by atoms with Crippen LogP contribution in [-0.4, -0.2) is 39.5 Å². The molecule has 0 radical (unpaired) electrons. The molecule has 3 atom stereocenters. The van der Waals surface area contributed by atoms with Gasteiger partial charge in [-0.1, -0.05) is 12.1 Å². The standard InChI is InChI=1S/C23H21F7N4O3/c1-12(14-8-15(22(25,26)27)10-16(9-14)23(28,29)30)37-20-19(13-2-4-17(24)5-3-13)34(6-7-36-20)11-18-31-21(35)33-32-18/h2-5,8-10,12,19-20H,6-7,11H2,1H3,(H2,31,32,33,35)/t12-,19-,20-/m1/s1. The number of nitrogens with one attached hydrogen (secondary N) is 2. The molecule has 1 aliphatic heterocycles. The molecule has 0 aliphatic carbocycles. The van der Waals surface area contributed by atoms with Crippen molar-refractivity contribution in [1.29, 1.82) is 0 Å². The van der Waals surface area contributed by atoms with Crippen molar-refractivity contribution in [2.75, 3.05) is 13.2 Å². The second-order valence-corrected chi connectivity index (χ2v) is 8.45. The highest BCUT2D eigenvalue weighted by Crippen LogP contribution is 2.39. The number of hydrogen-bond donors (Lipinski definition) is 2. The maximum absolute atomic E-state index is 13.6. The lowest BCUT2D eigenvalue weighted by atomic mass is 10.0. The number of rotatable bonds is 6. The molecule has 0 amide bonds. The van der Waals surface area contributed by atoms with Crippen molar-refractivity contribution in [3.63, 3.8) is 0 Å². The molecular weight excluding hydrogens is 513 g/mol. The Morgan fingerprint density at radius 2 is 1.70 bits per heavy atom. The Bertz CT molecular complexity index is 1240. The van der Waals surface area contributed by atoms with Gasteiger partial charge in [-0.3, -0.25) is 9.88 Å². The number of halogens is 7. The summed E-state index contributed by atoms with van der Waals surface area (Å²) in [4.78, 5) is 15.7. The van der Waals surface area contributed by atoms with E-state index in [9.17, 15) is 35.5 Å². The van der Waals surface area contributed by atoms with E-state index in [2.05, 4.69) is 15.2 Å². The Hall–Kier alpha value is -3.23. The second kappa shape index (κ2) is 10.3. The highest BCUT2D eigenvalue weighted by Gasteiger charge is 2.39. The minimum atomic E-state index is -5.01. The fourth-order valence-electron chi connectivity index (χ4n) is 4.07. The van der Waals surface area contributed by atoms with Gasteiger partial charge in [-0.2, -0.15) is 31.4 Å². The van der Waals surface area contributed by atoms with Crippen LogP contribution in [0.5, 0.6) is 0 Å². The van der Waals surface area contributed by atoms with Gasteiger partial charge in [0.1, 0.15) is 11.6 Å². The number of aromatic nitrogens is 3. The van der Waals surface area contributed by atoms with Gasteiger partial charge in [0.15, 0.2) is 6.29 Å². The Morgan fingerprint density at radius 3 is 2.24 bits per heavy atom. The number of benzene rings is 2. The molecule has 0 spiro atoms. The van der Waals surface area contributed by atoms with E-state index in [0.717, 1.165) is 0 Å². The molecule has 4 rings (SSSR count). The first-order valence-electron chi connectivity index (χ1n) is 11.0. The van der Waals surface area contributed by atoms with Crippen LogP contribution in [0.15, 0.2) is 47.3 Å². The normalized spacial score (nSPS) is 20.2. The summed E-state index contributed by atoms with van der Waals surface area (Å²) in [5.74, 6) is -0.239. The van der Waals surface area contributed by atoms with Gasteiger partial charge in [-0.05, 0) is 48.4 Å². The van der Waals surface area contributed by atoms with Gasteiger partial charge in [0, 0.05) is 6.54 Å². The van der Waals surface area contributed by atoms with Gasteiger partial charge < -0.3 is 9.47 Å². The molecule has 1 fully saturated rings. The first-order chi connectivity index (χ1) is 17.3. The smallest absolute Gasteiger partial charge is 0.349 e. The molecule has 0 unspecified atom stereocenters. The highest BCUT2D eigenvalue weighted by molar-refractivity contribution is 5.34. The van der Waals surface area contributed by atoms with Crippen molar-refractivity contribution < 1.29 is 40.2 Å². The summed E-state index contributed by atoms with van der Waals surface area (Å²) in [6.45, 7) is 1.82. The maximum Gasteiger partial charge on any atom is 0.416 e. The van der Waals surface area contributed by atoms with Crippen LogP contribution in [-0.2, 0) is 28.4 Å². The Labute approximate surface area is 205 Å². The van der Waals surface area contributed by atoms with Crippen LogP contribution >= 0.6 is 0 Å². The van der Waals surface area contributed by atoms with Gasteiger partial charge in [0.05, 0.1) is 36.4 Å². The Morgan fingerprint density at radius 1 is 1.08 bits per heavy atom. The van der Waals surface area contributed by atoms with E-state index >= 15 is 0 Å². The number of morpholine rings is 1. The van der Waals surface area contributed by atoms with Crippen molar-refractivity contribution in [2.45, 2.75) is 44.3 Å². The van der Waals surface area contributed by atoms with Gasteiger partial charge in [0.25, 0.3) is 0 Å². The van der Waals surface area contributed by atoms with Crippen LogP contribution in [0.3, 0.4) is 0 Å². The third-order valence-electron chi connectivity index (χ3n) is 5.84. The lowest BCUT2D eigenvalue weighted by molar-refractivity contribution is -0.231. The molecule has 2 aromatic carbocycles. The Balaban J connectivity index is 1.66. The SMILES string of the molecule is C[C@@H](O[C@H]1OCCN(Cc2n[nH]c(=O)[nH]2)[C@@H]1c1ccc(F)cc1)c1cc(C(F)(F)F)cc(C(F)(F)F)c1. The Kier molecular flexibility index (Phi) is 7.44. The topological polar surface area (TPSA) is 83.2 Å². The summed E-state index contributed by atoms with van der Waals surface area (Å²) in [5, 5.41) is 6.10. The molecule has 1 aromatic heterocycles. The zero-order chi connectivity index (χ0) is 27.0. The monoisotopic (exact) mass is 534 g/mol. The number of hydrogen-bond acceptors (Lipinski definition) is 5. The summed E-state index contributed by atoms with van der Waals surface area (Å²) >= 11 is 0. The lowest BCUT2D eigenvalue weighted by Gasteiger charge is -2.41. The number of aromatic amines is 2. The second-order valence-electron chi connectivity index (χ2n) is 8.45. The fourth-order valence-corrected chi connectivity index (χ4v) is 4.07. The van der Waals surface area contributed by atoms with Crippen LogP contribution < -0.4 is 5.69 Å². The average molecular weight is 534 g/mol. The van der Waals surface area contributed by atoms with E-state index in [1.165, 1.54) is 31.2 Å². The number of alkyl halides is 6. The summed E-state index contributed by atoms with van der Waals surface area (Å²) in [5.41, 5.74) is -3.30. The van der Waals surface area contributed by atoms with Crippen molar-refractivity contribution in [3.8, 4) is 0 Å². The minimum Gasteiger partial charge on any atom is -0.349 e. The molecule has 2 N–H and O–H groups in total. The zero-order valence-electron chi connectivity index (χ0n) is 19.2. The molecule has 200 valence electrons. The molecule has 2 heterocycles. The van der Waals surface area contributed by atoms with Crippen molar-refractivity contribution in [2.24, 2.45) is 0 Å². The average Bonchev–Trinajstić information content (AvgIpc) is 3.23. The quantitative estimate of drug-likeness (QED) is 0.438. The summed E-state index contributed by atoms with van der Waals surface area (Å²) in [6, 6.07) is 5.79. The van der Waals surface area contributed by atoms with Crippen LogP contribution in [0.1, 0.15) is 47.1 Å². The third-order valence-corrected chi connectivity index (χ3v) is 5.84. The van der Waals surface area contributed by atoms with Gasteiger partial charge in [0.2, 0.25) is 0 Å². The molecule has 37 heavy (non-hydrogen) atoms. The first kappa shape index (κ1) is 26.8. The molecule has 0 saturated carbocycles. The molecule has 1 aliphatic rings. The summed E-state index contributed by atoms with van der Waals surface area (Å²) < 4.78 is 105. The third kappa shape index (κ3) is 6.37. The van der Waals surface area contributed by atoms with Crippen LogP contribution in [0, 0.1) is 5.82 Å². The van der Waals surface area contributed by atoms with Crippen LogP contribution in [0.25, 0.3) is 0 Å². The lowest BCUT2D eigenvalue weighted by Crippen LogP contribution is -2.46. The van der Waals surface area contributed by atoms with Gasteiger partial charge in [-0.25, -0.2) is 14.3 Å². The van der Waals surface area contributed by atoms with Crippen molar-refractivity contribution in [3.05, 3.63) is 86.8 Å². The number of H-pyrrole nitrogens is 2. The van der Waals surface area contributed by atoms with Gasteiger partial charge in [-0.15, -0.1) is 0 Å². The molecule has 0 bridgehead atoms. The number of nitrogens with zero attached hydrogens (tertiary/aromatic N) is 2. The van der Waals surface area contributed by atoms with E-state index < -0.39 is 53.4 Å². The fraction of sp³-hybridized carbons (Fsp3) is 0.391. The van der Waals surface area contributed by atoms with Crippen LogP contribution in [0.4, 0.5) is 30.7 Å². The minimum absolute atomic E-state index is 0.0427.